The van der Waals surface area contributed by atoms with Gasteiger partial charge in [-0.2, -0.15) is 0 Å². The molecule has 22 heavy (non-hydrogen) atoms. The van der Waals surface area contributed by atoms with Crippen LogP contribution in [0.3, 0.4) is 0 Å². The number of aromatic nitrogens is 1. The quantitative estimate of drug-likeness (QED) is 0.910. The summed E-state index contributed by atoms with van der Waals surface area (Å²) in [7, 11) is 0. The van der Waals surface area contributed by atoms with Gasteiger partial charge in [0.25, 0.3) is 0 Å². The van der Waals surface area contributed by atoms with E-state index in [-0.39, 0.29) is 24.3 Å². The summed E-state index contributed by atoms with van der Waals surface area (Å²) in [5.41, 5.74) is 1.78. The monoisotopic (exact) mass is 319 g/mol. The Hall–Kier alpha value is -2.01. The van der Waals surface area contributed by atoms with Crippen LogP contribution < -0.4 is 5.32 Å². The van der Waals surface area contributed by atoms with Crippen molar-refractivity contribution in [2.75, 3.05) is 13.1 Å². The van der Waals surface area contributed by atoms with Crippen molar-refractivity contribution in [1.29, 1.82) is 0 Å². The normalized spacial score (nSPS) is 18.5. The number of aromatic amines is 1. The molecule has 1 fully saturated rings. The molecule has 2 amide bonds. The number of H-pyrrole nitrogens is 1. The van der Waals surface area contributed by atoms with E-state index in [0.717, 1.165) is 16.5 Å². The molecule has 1 aromatic carbocycles. The number of benzene rings is 1. The third-order valence-electron chi connectivity index (χ3n) is 4.12. The van der Waals surface area contributed by atoms with E-state index < -0.39 is 0 Å². The second-order valence-corrected chi connectivity index (χ2v) is 5.86. The summed E-state index contributed by atoms with van der Waals surface area (Å²) in [6, 6.07) is 5.24. The lowest BCUT2D eigenvalue weighted by atomic mass is 10.1. The van der Waals surface area contributed by atoms with Crippen LogP contribution in [0, 0.1) is 0 Å². The van der Waals surface area contributed by atoms with Crippen LogP contribution in [0.5, 0.6) is 0 Å². The first-order chi connectivity index (χ1) is 10.6. The summed E-state index contributed by atoms with van der Waals surface area (Å²) in [6.07, 6.45) is 2.68. The highest BCUT2D eigenvalue weighted by molar-refractivity contribution is 6.35. The molecule has 2 aromatic rings. The summed E-state index contributed by atoms with van der Waals surface area (Å²) in [5, 5.41) is 4.32. The Morgan fingerprint density at radius 2 is 2.27 bits per heavy atom. The first-order valence-corrected chi connectivity index (χ1v) is 7.81. The SMILES string of the molecule is CCC1C(=O)NCCN1C(=O)Cc1c[nH]c2cccc(Cl)c12. The molecule has 3 rings (SSSR count). The summed E-state index contributed by atoms with van der Waals surface area (Å²) in [6.45, 7) is 2.98. The Morgan fingerprint density at radius 1 is 1.45 bits per heavy atom. The third-order valence-corrected chi connectivity index (χ3v) is 4.43. The molecule has 0 spiro atoms. The second-order valence-electron chi connectivity index (χ2n) is 5.46. The van der Waals surface area contributed by atoms with Crippen molar-refractivity contribution in [2.45, 2.75) is 25.8 Å². The summed E-state index contributed by atoms with van der Waals surface area (Å²) in [4.78, 5) is 29.3. The minimum Gasteiger partial charge on any atom is -0.361 e. The maximum atomic E-state index is 12.6. The summed E-state index contributed by atoms with van der Waals surface area (Å²) < 4.78 is 0. The van der Waals surface area contributed by atoms with Crippen molar-refractivity contribution in [3.63, 3.8) is 0 Å². The zero-order chi connectivity index (χ0) is 15.7. The molecular weight excluding hydrogens is 302 g/mol. The van der Waals surface area contributed by atoms with Gasteiger partial charge in [0, 0.05) is 30.2 Å². The average Bonchev–Trinajstić information content (AvgIpc) is 2.91. The molecule has 5 nitrogen and oxygen atoms in total. The lowest BCUT2D eigenvalue weighted by Crippen LogP contribution is -2.57. The van der Waals surface area contributed by atoms with Gasteiger partial charge in [-0.25, -0.2) is 0 Å². The predicted octanol–water partition coefficient (Wildman–Crippen LogP) is 2.10. The molecule has 1 unspecified atom stereocenters. The molecule has 1 aromatic heterocycles. The van der Waals surface area contributed by atoms with E-state index in [2.05, 4.69) is 10.3 Å². The second kappa shape index (κ2) is 6.01. The lowest BCUT2D eigenvalue weighted by Gasteiger charge is -2.34. The third kappa shape index (κ3) is 2.57. The van der Waals surface area contributed by atoms with E-state index in [0.29, 0.717) is 24.5 Å². The first kappa shape index (κ1) is 14.9. The molecular formula is C16H18ClN3O2. The Kier molecular flexibility index (Phi) is 4.07. The molecule has 2 N–H and O–H groups in total. The molecule has 116 valence electrons. The molecule has 0 bridgehead atoms. The van der Waals surface area contributed by atoms with Crippen LogP contribution in [0.15, 0.2) is 24.4 Å². The van der Waals surface area contributed by atoms with E-state index in [1.165, 1.54) is 0 Å². The van der Waals surface area contributed by atoms with Crippen molar-refractivity contribution in [3.05, 3.63) is 35.0 Å². The average molecular weight is 320 g/mol. The molecule has 6 heteroatoms. The van der Waals surface area contributed by atoms with E-state index in [4.69, 9.17) is 11.6 Å². The van der Waals surface area contributed by atoms with Gasteiger partial charge < -0.3 is 15.2 Å². The largest absolute Gasteiger partial charge is 0.361 e. The number of amides is 2. The van der Waals surface area contributed by atoms with Crippen molar-refractivity contribution in [2.24, 2.45) is 0 Å². The van der Waals surface area contributed by atoms with Crippen molar-refractivity contribution in [1.82, 2.24) is 15.2 Å². The number of hydrogen-bond acceptors (Lipinski definition) is 2. The van der Waals surface area contributed by atoms with E-state index in [1.807, 2.05) is 31.3 Å². The van der Waals surface area contributed by atoms with Crippen LogP contribution in [-0.2, 0) is 16.0 Å². The molecule has 1 aliphatic rings. The number of rotatable bonds is 3. The van der Waals surface area contributed by atoms with Gasteiger partial charge in [0.1, 0.15) is 6.04 Å². The standard InChI is InChI=1S/C16H18ClN3O2/c1-2-13-16(22)18-6-7-20(13)14(21)8-10-9-19-12-5-3-4-11(17)15(10)12/h3-5,9,13,19H,2,6-8H2,1H3,(H,18,22). The van der Waals surface area contributed by atoms with Gasteiger partial charge in [-0.3, -0.25) is 9.59 Å². The highest BCUT2D eigenvalue weighted by Gasteiger charge is 2.31. The van der Waals surface area contributed by atoms with Crippen LogP contribution in [0.25, 0.3) is 10.9 Å². The van der Waals surface area contributed by atoms with Crippen LogP contribution >= 0.6 is 11.6 Å². The minimum absolute atomic E-state index is 0.0393. The van der Waals surface area contributed by atoms with Crippen molar-refractivity contribution >= 4 is 34.3 Å². The number of nitrogens with one attached hydrogen (secondary N) is 2. The van der Waals surface area contributed by atoms with E-state index in [9.17, 15) is 9.59 Å². The van der Waals surface area contributed by atoms with Crippen LogP contribution in [-0.4, -0.2) is 40.8 Å². The lowest BCUT2D eigenvalue weighted by molar-refractivity contribution is -0.142. The maximum Gasteiger partial charge on any atom is 0.242 e. The Bertz CT molecular complexity index is 725. The van der Waals surface area contributed by atoms with Crippen LogP contribution in [0.1, 0.15) is 18.9 Å². The van der Waals surface area contributed by atoms with Gasteiger partial charge >= 0.3 is 0 Å². The zero-order valence-electron chi connectivity index (χ0n) is 12.4. The number of carbonyl (C=O) groups excluding carboxylic acids is 2. The van der Waals surface area contributed by atoms with Gasteiger partial charge in [-0.1, -0.05) is 24.6 Å². The fourth-order valence-corrected chi connectivity index (χ4v) is 3.33. The number of halogens is 1. The summed E-state index contributed by atoms with van der Waals surface area (Å²) in [5.74, 6) is -0.110. The molecule has 1 atom stereocenters. The highest BCUT2D eigenvalue weighted by Crippen LogP contribution is 2.27. The van der Waals surface area contributed by atoms with Gasteiger partial charge in [-0.15, -0.1) is 0 Å². The number of carbonyl (C=O) groups is 2. The van der Waals surface area contributed by atoms with E-state index in [1.54, 1.807) is 4.90 Å². The van der Waals surface area contributed by atoms with Gasteiger partial charge in [-0.05, 0) is 24.1 Å². The van der Waals surface area contributed by atoms with Crippen LogP contribution in [0.4, 0.5) is 0 Å². The van der Waals surface area contributed by atoms with Crippen molar-refractivity contribution in [3.8, 4) is 0 Å². The molecule has 0 saturated carbocycles. The fraction of sp³-hybridized carbons (Fsp3) is 0.375. The van der Waals surface area contributed by atoms with Gasteiger partial charge in [0.2, 0.25) is 11.8 Å². The number of nitrogens with zero attached hydrogens (tertiary/aromatic N) is 1. The number of piperazine rings is 1. The fourth-order valence-electron chi connectivity index (χ4n) is 3.03. The molecule has 2 heterocycles. The Balaban J connectivity index is 1.85. The predicted molar refractivity (Wildman–Crippen MR) is 85.8 cm³/mol. The minimum atomic E-state index is -0.373. The van der Waals surface area contributed by atoms with Crippen LogP contribution in [0.2, 0.25) is 5.02 Å². The molecule has 1 saturated heterocycles. The molecule has 1 aliphatic heterocycles. The molecule has 0 aliphatic carbocycles. The Morgan fingerprint density at radius 3 is 3.05 bits per heavy atom. The van der Waals surface area contributed by atoms with E-state index >= 15 is 0 Å². The smallest absolute Gasteiger partial charge is 0.242 e. The number of hydrogen-bond donors (Lipinski definition) is 2. The first-order valence-electron chi connectivity index (χ1n) is 7.43. The topological polar surface area (TPSA) is 65.2 Å². The Labute approximate surface area is 133 Å². The maximum absolute atomic E-state index is 12.6. The van der Waals surface area contributed by atoms with Crippen molar-refractivity contribution < 1.29 is 9.59 Å². The highest BCUT2D eigenvalue weighted by atomic mass is 35.5. The number of fused-ring (bicyclic) bond motifs is 1. The zero-order valence-corrected chi connectivity index (χ0v) is 13.1. The molecule has 0 radical (unpaired) electrons. The van der Waals surface area contributed by atoms with Gasteiger partial charge in [0.05, 0.1) is 11.4 Å². The summed E-state index contributed by atoms with van der Waals surface area (Å²) >= 11 is 6.24. The van der Waals surface area contributed by atoms with Gasteiger partial charge in [0.15, 0.2) is 0 Å².